The number of hydrogen-bond acceptors (Lipinski definition) is 7. The van der Waals surface area contributed by atoms with Crippen LogP contribution in [0.4, 0.5) is 5.82 Å². The molecule has 9 heteroatoms. The summed E-state index contributed by atoms with van der Waals surface area (Å²) in [4.78, 5) is 49.0. The van der Waals surface area contributed by atoms with Crippen LogP contribution in [0.1, 0.15) is 34.1 Å². The Kier molecular flexibility index (Phi) is 6.17. The standard InChI is InChI=1S/C18H21N3O6/c1-4-8-21-15(19)14(16(23)20(2)18(21)25)13(22)10-27-17(24)11-6-5-7-12(9-11)26-3/h5-7,9H,4,8,10,19H2,1-3H3. The van der Waals surface area contributed by atoms with E-state index in [1.54, 1.807) is 12.1 Å². The van der Waals surface area contributed by atoms with Crippen molar-refractivity contribution in [3.8, 4) is 5.75 Å². The second-order valence-corrected chi connectivity index (χ2v) is 5.79. The molecule has 0 bridgehead atoms. The van der Waals surface area contributed by atoms with Crippen molar-refractivity contribution in [2.24, 2.45) is 7.05 Å². The molecule has 27 heavy (non-hydrogen) atoms. The third-order valence-electron chi connectivity index (χ3n) is 3.95. The van der Waals surface area contributed by atoms with E-state index in [-0.39, 0.29) is 23.5 Å². The Morgan fingerprint density at radius 2 is 1.93 bits per heavy atom. The van der Waals surface area contributed by atoms with Crippen LogP contribution in [0.2, 0.25) is 0 Å². The number of Topliss-reactive ketones (excluding diaryl/α,β-unsaturated/α-hetero) is 1. The number of carbonyl (C=O) groups excluding carboxylic acids is 2. The lowest BCUT2D eigenvalue weighted by molar-refractivity contribution is 0.0474. The van der Waals surface area contributed by atoms with Crippen molar-refractivity contribution >= 4 is 17.6 Å². The summed E-state index contributed by atoms with van der Waals surface area (Å²) in [5.41, 5.74) is 4.26. The SMILES string of the molecule is CCCn1c(N)c(C(=O)COC(=O)c2cccc(OC)c2)c(=O)n(C)c1=O. The Bertz CT molecular complexity index is 990. The van der Waals surface area contributed by atoms with E-state index in [1.165, 1.54) is 26.3 Å². The Morgan fingerprint density at radius 1 is 1.22 bits per heavy atom. The Balaban J connectivity index is 2.27. The summed E-state index contributed by atoms with van der Waals surface area (Å²) < 4.78 is 12.0. The number of nitrogens with two attached hydrogens (primary N) is 1. The molecule has 9 nitrogen and oxygen atoms in total. The minimum absolute atomic E-state index is 0.193. The molecule has 0 aliphatic heterocycles. The lowest BCUT2D eigenvalue weighted by Gasteiger charge is -2.14. The van der Waals surface area contributed by atoms with E-state index in [0.29, 0.717) is 12.2 Å². The van der Waals surface area contributed by atoms with Crippen molar-refractivity contribution in [1.82, 2.24) is 9.13 Å². The first kappa shape index (κ1) is 20.0. The lowest BCUT2D eigenvalue weighted by Crippen LogP contribution is -2.43. The number of ketones is 1. The number of nitrogen functional groups attached to an aromatic ring is 1. The summed E-state index contributed by atoms with van der Waals surface area (Å²) in [5.74, 6) is -1.30. The normalized spacial score (nSPS) is 10.5. The van der Waals surface area contributed by atoms with Gasteiger partial charge in [-0.15, -0.1) is 0 Å². The highest BCUT2D eigenvalue weighted by atomic mass is 16.5. The van der Waals surface area contributed by atoms with Gasteiger partial charge in [-0.3, -0.25) is 18.7 Å². The predicted molar refractivity (Wildman–Crippen MR) is 98.3 cm³/mol. The van der Waals surface area contributed by atoms with Crippen LogP contribution in [0.5, 0.6) is 5.75 Å². The minimum Gasteiger partial charge on any atom is -0.497 e. The number of nitrogens with zero attached hydrogens (tertiary/aromatic N) is 2. The molecule has 2 rings (SSSR count). The Labute approximate surface area is 154 Å². The van der Waals surface area contributed by atoms with Gasteiger partial charge in [0.05, 0.1) is 12.7 Å². The number of anilines is 1. The van der Waals surface area contributed by atoms with Crippen molar-refractivity contribution in [3.05, 3.63) is 56.2 Å². The van der Waals surface area contributed by atoms with Crippen LogP contribution >= 0.6 is 0 Å². The summed E-state index contributed by atoms with van der Waals surface area (Å²) in [5, 5.41) is 0. The molecule has 2 aromatic rings. The number of hydrogen-bond donors (Lipinski definition) is 1. The number of methoxy groups -OCH3 is 1. The minimum atomic E-state index is -0.827. The molecule has 0 aliphatic rings. The van der Waals surface area contributed by atoms with Crippen LogP contribution in [0.3, 0.4) is 0 Å². The van der Waals surface area contributed by atoms with Crippen molar-refractivity contribution in [1.29, 1.82) is 0 Å². The van der Waals surface area contributed by atoms with Gasteiger partial charge < -0.3 is 15.2 Å². The average Bonchev–Trinajstić information content (AvgIpc) is 2.68. The molecule has 0 radical (unpaired) electrons. The van der Waals surface area contributed by atoms with Gasteiger partial charge in [0.1, 0.15) is 17.1 Å². The van der Waals surface area contributed by atoms with E-state index in [0.717, 1.165) is 9.13 Å². The van der Waals surface area contributed by atoms with E-state index >= 15 is 0 Å². The first-order chi connectivity index (χ1) is 12.8. The van der Waals surface area contributed by atoms with Crippen molar-refractivity contribution in [2.75, 3.05) is 19.5 Å². The van der Waals surface area contributed by atoms with Crippen molar-refractivity contribution in [3.63, 3.8) is 0 Å². The van der Waals surface area contributed by atoms with Gasteiger partial charge in [0, 0.05) is 13.6 Å². The van der Waals surface area contributed by atoms with Gasteiger partial charge in [0.15, 0.2) is 6.61 Å². The van der Waals surface area contributed by atoms with Gasteiger partial charge in [0.2, 0.25) is 5.78 Å². The second-order valence-electron chi connectivity index (χ2n) is 5.79. The van der Waals surface area contributed by atoms with Crippen LogP contribution in [0.15, 0.2) is 33.9 Å². The average molecular weight is 375 g/mol. The molecule has 0 amide bonds. The number of esters is 1. The van der Waals surface area contributed by atoms with Gasteiger partial charge in [-0.1, -0.05) is 13.0 Å². The molecule has 0 unspecified atom stereocenters. The largest absolute Gasteiger partial charge is 0.497 e. The monoisotopic (exact) mass is 375 g/mol. The van der Waals surface area contributed by atoms with Crippen LogP contribution in [0, 0.1) is 0 Å². The molecule has 0 spiro atoms. The van der Waals surface area contributed by atoms with E-state index < -0.39 is 29.6 Å². The maximum atomic E-state index is 12.5. The van der Waals surface area contributed by atoms with E-state index in [9.17, 15) is 19.2 Å². The van der Waals surface area contributed by atoms with Gasteiger partial charge in [-0.2, -0.15) is 0 Å². The zero-order valence-corrected chi connectivity index (χ0v) is 15.4. The fraction of sp³-hybridized carbons (Fsp3) is 0.333. The van der Waals surface area contributed by atoms with Gasteiger partial charge in [-0.05, 0) is 24.6 Å². The van der Waals surface area contributed by atoms with Gasteiger partial charge >= 0.3 is 11.7 Å². The van der Waals surface area contributed by atoms with Crippen molar-refractivity contribution in [2.45, 2.75) is 19.9 Å². The lowest BCUT2D eigenvalue weighted by atomic mass is 10.2. The van der Waals surface area contributed by atoms with Crippen molar-refractivity contribution < 1.29 is 19.1 Å². The van der Waals surface area contributed by atoms with Gasteiger partial charge in [-0.25, -0.2) is 9.59 Å². The molecule has 1 heterocycles. The maximum Gasteiger partial charge on any atom is 0.338 e. The zero-order valence-electron chi connectivity index (χ0n) is 15.4. The third-order valence-corrected chi connectivity index (χ3v) is 3.95. The molecule has 2 N–H and O–H groups in total. The zero-order chi connectivity index (χ0) is 20.1. The number of rotatable bonds is 7. The molecule has 0 atom stereocenters. The van der Waals surface area contributed by atoms with Crippen LogP contribution < -0.4 is 21.7 Å². The molecule has 0 saturated heterocycles. The fourth-order valence-electron chi connectivity index (χ4n) is 2.52. The number of benzene rings is 1. The first-order valence-corrected chi connectivity index (χ1v) is 8.25. The van der Waals surface area contributed by atoms with Crippen LogP contribution in [-0.2, 0) is 18.3 Å². The summed E-state index contributed by atoms with van der Waals surface area (Å²) in [7, 11) is 2.72. The smallest absolute Gasteiger partial charge is 0.338 e. The molecule has 0 aliphatic carbocycles. The summed E-state index contributed by atoms with van der Waals surface area (Å²) in [6.45, 7) is 1.40. The van der Waals surface area contributed by atoms with Crippen LogP contribution in [-0.4, -0.2) is 34.6 Å². The number of ether oxygens (including phenoxy) is 2. The van der Waals surface area contributed by atoms with Gasteiger partial charge in [0.25, 0.3) is 5.56 Å². The molecule has 0 fully saturated rings. The molecule has 0 saturated carbocycles. The highest BCUT2D eigenvalue weighted by Crippen LogP contribution is 2.14. The summed E-state index contributed by atoms with van der Waals surface area (Å²) in [6, 6.07) is 6.22. The Morgan fingerprint density at radius 3 is 2.56 bits per heavy atom. The quantitative estimate of drug-likeness (QED) is 0.555. The summed E-state index contributed by atoms with van der Waals surface area (Å²) >= 11 is 0. The van der Waals surface area contributed by atoms with Crippen LogP contribution in [0.25, 0.3) is 0 Å². The van der Waals surface area contributed by atoms with E-state index in [1.807, 2.05) is 6.92 Å². The Hall–Kier alpha value is -3.36. The third kappa shape index (κ3) is 4.08. The molecule has 1 aromatic carbocycles. The molecular formula is C18H21N3O6. The molecular weight excluding hydrogens is 354 g/mol. The topological polar surface area (TPSA) is 123 Å². The molecule has 1 aromatic heterocycles. The number of carbonyl (C=O) groups is 2. The maximum absolute atomic E-state index is 12.5. The first-order valence-electron chi connectivity index (χ1n) is 8.25. The second kappa shape index (κ2) is 8.35. The fourth-order valence-corrected chi connectivity index (χ4v) is 2.52. The summed E-state index contributed by atoms with van der Waals surface area (Å²) in [6.07, 6.45) is 0.584. The highest BCUT2D eigenvalue weighted by Gasteiger charge is 2.22. The number of aromatic nitrogens is 2. The highest BCUT2D eigenvalue weighted by molar-refractivity contribution is 6.02. The van der Waals surface area contributed by atoms with E-state index in [4.69, 9.17) is 15.2 Å². The van der Waals surface area contributed by atoms with E-state index in [2.05, 4.69) is 0 Å². The molecule has 144 valence electrons. The predicted octanol–water partition coefficient (Wildman–Crippen LogP) is 0.587.